The van der Waals surface area contributed by atoms with Gasteiger partial charge in [-0.05, 0) is 37.4 Å². The van der Waals surface area contributed by atoms with Crippen molar-refractivity contribution in [3.05, 3.63) is 42.1 Å². The summed E-state index contributed by atoms with van der Waals surface area (Å²) in [5.41, 5.74) is 1.18. The minimum absolute atomic E-state index is 0.0905. The SMILES string of the molecule is Cc1nc(S(=O)(=O)NC[C@H]2CCN(Cc3cccnc3)C2)cn1C. The molecule has 1 aliphatic heterocycles. The van der Waals surface area contributed by atoms with Gasteiger partial charge in [0.1, 0.15) is 5.82 Å². The van der Waals surface area contributed by atoms with Crippen LogP contribution in [0.1, 0.15) is 17.8 Å². The van der Waals surface area contributed by atoms with Gasteiger partial charge in [-0.25, -0.2) is 18.1 Å². The molecule has 2 aromatic rings. The van der Waals surface area contributed by atoms with Gasteiger partial charge in [0.25, 0.3) is 10.0 Å². The molecule has 0 unspecified atom stereocenters. The molecule has 0 aliphatic carbocycles. The van der Waals surface area contributed by atoms with Crippen molar-refractivity contribution in [1.82, 2.24) is 24.2 Å². The fourth-order valence-corrected chi connectivity index (χ4v) is 4.08. The van der Waals surface area contributed by atoms with Gasteiger partial charge in [0.15, 0.2) is 5.03 Å². The highest BCUT2D eigenvalue weighted by molar-refractivity contribution is 7.89. The molecule has 0 radical (unpaired) electrons. The van der Waals surface area contributed by atoms with Gasteiger partial charge in [-0.1, -0.05) is 6.07 Å². The predicted octanol–water partition coefficient (Wildman–Crippen LogP) is 0.924. The van der Waals surface area contributed by atoms with E-state index in [2.05, 4.69) is 25.7 Å². The van der Waals surface area contributed by atoms with Crippen molar-refractivity contribution in [2.45, 2.75) is 24.9 Å². The molecule has 3 rings (SSSR count). The highest BCUT2D eigenvalue weighted by Gasteiger charge is 2.25. The molecular weight excluding hydrogens is 326 g/mol. The van der Waals surface area contributed by atoms with E-state index in [9.17, 15) is 8.42 Å². The Morgan fingerprint density at radius 2 is 2.25 bits per heavy atom. The molecule has 130 valence electrons. The van der Waals surface area contributed by atoms with Gasteiger partial charge < -0.3 is 4.57 Å². The van der Waals surface area contributed by atoms with Crippen molar-refractivity contribution in [1.29, 1.82) is 0 Å². The number of imidazole rings is 1. The van der Waals surface area contributed by atoms with Gasteiger partial charge in [-0.15, -0.1) is 0 Å². The lowest BCUT2D eigenvalue weighted by Crippen LogP contribution is -2.31. The number of hydrogen-bond donors (Lipinski definition) is 1. The first kappa shape index (κ1) is 17.1. The van der Waals surface area contributed by atoms with Gasteiger partial charge in [0, 0.05) is 45.3 Å². The van der Waals surface area contributed by atoms with Gasteiger partial charge in [-0.2, -0.15) is 0 Å². The highest BCUT2D eigenvalue weighted by atomic mass is 32.2. The zero-order valence-electron chi connectivity index (χ0n) is 14.0. The summed E-state index contributed by atoms with van der Waals surface area (Å²) in [7, 11) is -1.75. The lowest BCUT2D eigenvalue weighted by molar-refractivity contribution is 0.316. The fraction of sp³-hybridized carbons (Fsp3) is 0.500. The molecule has 1 N–H and O–H groups in total. The fourth-order valence-electron chi connectivity index (χ4n) is 2.93. The van der Waals surface area contributed by atoms with Crippen LogP contribution in [0.4, 0.5) is 0 Å². The van der Waals surface area contributed by atoms with E-state index in [1.54, 1.807) is 30.9 Å². The average Bonchev–Trinajstić information content (AvgIpc) is 3.14. The summed E-state index contributed by atoms with van der Waals surface area (Å²) in [6.07, 6.45) is 6.18. The normalized spacial score (nSPS) is 19.0. The Labute approximate surface area is 142 Å². The predicted molar refractivity (Wildman–Crippen MR) is 90.8 cm³/mol. The first-order valence-corrected chi connectivity index (χ1v) is 9.53. The van der Waals surface area contributed by atoms with Crippen LogP contribution in [-0.4, -0.2) is 47.5 Å². The Balaban J connectivity index is 1.52. The molecule has 1 saturated heterocycles. The highest BCUT2D eigenvalue weighted by Crippen LogP contribution is 2.18. The topological polar surface area (TPSA) is 80.1 Å². The first-order valence-electron chi connectivity index (χ1n) is 8.05. The molecular formula is C16H23N5O2S. The summed E-state index contributed by atoms with van der Waals surface area (Å²) in [6, 6.07) is 4.00. The summed E-state index contributed by atoms with van der Waals surface area (Å²) in [5.74, 6) is 1.00. The zero-order valence-corrected chi connectivity index (χ0v) is 14.8. The second-order valence-electron chi connectivity index (χ2n) is 6.34. The van der Waals surface area contributed by atoms with E-state index in [1.165, 1.54) is 5.56 Å². The minimum Gasteiger partial charge on any atom is -0.337 e. The molecule has 1 aliphatic rings. The maximum absolute atomic E-state index is 12.3. The van der Waals surface area contributed by atoms with Gasteiger partial charge in [-0.3, -0.25) is 9.88 Å². The number of nitrogens with one attached hydrogen (secondary N) is 1. The van der Waals surface area contributed by atoms with E-state index >= 15 is 0 Å². The van der Waals surface area contributed by atoms with Crippen LogP contribution in [0.3, 0.4) is 0 Å². The number of aromatic nitrogens is 3. The number of hydrogen-bond acceptors (Lipinski definition) is 5. The zero-order chi connectivity index (χ0) is 17.2. The second-order valence-corrected chi connectivity index (χ2v) is 8.05. The third kappa shape index (κ3) is 4.00. The third-order valence-electron chi connectivity index (χ3n) is 4.42. The van der Waals surface area contributed by atoms with Crippen LogP contribution in [0.15, 0.2) is 35.7 Å². The van der Waals surface area contributed by atoms with Gasteiger partial charge in [0.2, 0.25) is 0 Å². The standard InChI is InChI=1S/C16H23N5O2S/c1-13-19-16(12-20(13)2)24(22,23)18-9-15-5-7-21(11-15)10-14-4-3-6-17-8-14/h3-4,6,8,12,15,18H,5,7,9-11H2,1-2H3/t15-/m1/s1. The number of likely N-dealkylation sites (tertiary alicyclic amines) is 1. The summed E-state index contributed by atoms with van der Waals surface area (Å²) >= 11 is 0. The van der Waals surface area contributed by atoms with E-state index < -0.39 is 10.0 Å². The van der Waals surface area contributed by atoms with Crippen LogP contribution in [0.2, 0.25) is 0 Å². The van der Waals surface area contributed by atoms with Crippen LogP contribution in [0, 0.1) is 12.8 Å². The quantitative estimate of drug-likeness (QED) is 0.839. The van der Waals surface area contributed by atoms with E-state index in [-0.39, 0.29) is 5.03 Å². The summed E-state index contributed by atoms with van der Waals surface area (Å²) < 4.78 is 29.0. The minimum atomic E-state index is -3.54. The number of pyridine rings is 1. The number of nitrogens with zero attached hydrogens (tertiary/aromatic N) is 4. The van der Waals surface area contributed by atoms with E-state index in [4.69, 9.17) is 0 Å². The van der Waals surface area contributed by atoms with Crippen molar-refractivity contribution in [3.63, 3.8) is 0 Å². The molecule has 0 spiro atoms. The number of rotatable bonds is 6. The smallest absolute Gasteiger partial charge is 0.259 e. The van der Waals surface area contributed by atoms with Crippen LogP contribution in [-0.2, 0) is 23.6 Å². The Hall–Kier alpha value is -1.77. The largest absolute Gasteiger partial charge is 0.337 e. The Morgan fingerprint density at radius 1 is 1.42 bits per heavy atom. The van der Waals surface area contributed by atoms with Crippen molar-refractivity contribution < 1.29 is 8.42 Å². The Morgan fingerprint density at radius 3 is 2.92 bits per heavy atom. The molecule has 1 atom stereocenters. The molecule has 0 bridgehead atoms. The molecule has 1 fully saturated rings. The van der Waals surface area contributed by atoms with Gasteiger partial charge >= 0.3 is 0 Å². The lowest BCUT2D eigenvalue weighted by Gasteiger charge is -2.16. The van der Waals surface area contributed by atoms with Crippen LogP contribution in [0.5, 0.6) is 0 Å². The van der Waals surface area contributed by atoms with Crippen molar-refractivity contribution in [2.24, 2.45) is 13.0 Å². The Bertz CT molecular complexity index is 769. The van der Waals surface area contributed by atoms with E-state index in [1.807, 2.05) is 12.3 Å². The summed E-state index contributed by atoms with van der Waals surface area (Å²) in [5, 5.41) is 0.0905. The molecule has 24 heavy (non-hydrogen) atoms. The number of aryl methyl sites for hydroxylation is 2. The van der Waals surface area contributed by atoms with Crippen LogP contribution >= 0.6 is 0 Å². The maximum Gasteiger partial charge on any atom is 0.259 e. The molecule has 3 heterocycles. The maximum atomic E-state index is 12.3. The van der Waals surface area contributed by atoms with Crippen molar-refractivity contribution in [3.8, 4) is 0 Å². The van der Waals surface area contributed by atoms with E-state index in [0.717, 1.165) is 26.1 Å². The van der Waals surface area contributed by atoms with Crippen molar-refractivity contribution >= 4 is 10.0 Å². The summed E-state index contributed by atoms with van der Waals surface area (Å²) in [4.78, 5) is 10.6. The molecule has 0 amide bonds. The van der Waals surface area contributed by atoms with Crippen LogP contribution in [0.25, 0.3) is 0 Å². The molecule has 7 nitrogen and oxygen atoms in total. The van der Waals surface area contributed by atoms with Crippen LogP contribution < -0.4 is 4.72 Å². The Kier molecular flexibility index (Phi) is 4.98. The summed E-state index contributed by atoms with van der Waals surface area (Å²) in [6.45, 7) is 4.95. The molecule has 2 aromatic heterocycles. The molecule has 8 heteroatoms. The monoisotopic (exact) mass is 349 g/mol. The molecule has 0 saturated carbocycles. The third-order valence-corrected chi connectivity index (χ3v) is 5.72. The second kappa shape index (κ2) is 7.00. The number of sulfonamides is 1. The lowest BCUT2D eigenvalue weighted by atomic mass is 10.1. The van der Waals surface area contributed by atoms with Crippen molar-refractivity contribution in [2.75, 3.05) is 19.6 Å². The molecule has 0 aromatic carbocycles. The van der Waals surface area contributed by atoms with Gasteiger partial charge in [0.05, 0.1) is 0 Å². The average molecular weight is 349 g/mol. The first-order chi connectivity index (χ1) is 11.4. The van der Waals surface area contributed by atoms with E-state index in [0.29, 0.717) is 18.3 Å².